The Labute approximate surface area is 256 Å². The number of fused-ring (bicyclic) bond motifs is 1. The summed E-state index contributed by atoms with van der Waals surface area (Å²) in [4.78, 5) is 33.7. The number of allylic oxidation sites excluding steroid dienone is 1. The number of carbonyl (C=O) groups is 1. The van der Waals surface area contributed by atoms with Gasteiger partial charge in [-0.1, -0.05) is 26.0 Å². The van der Waals surface area contributed by atoms with Gasteiger partial charge in [0.1, 0.15) is 11.5 Å². The lowest BCUT2D eigenvalue weighted by molar-refractivity contribution is 0.0952. The van der Waals surface area contributed by atoms with Gasteiger partial charge in [0.15, 0.2) is 0 Å². The van der Waals surface area contributed by atoms with Crippen molar-refractivity contribution in [3.63, 3.8) is 0 Å². The minimum absolute atomic E-state index is 0.0592. The Kier molecular flexibility index (Phi) is 8.44. The average Bonchev–Trinajstić information content (AvgIpc) is 3.71. The molecule has 0 aliphatic heterocycles. The summed E-state index contributed by atoms with van der Waals surface area (Å²) in [6.45, 7) is 9.61. The number of rotatable bonds is 12. The minimum Gasteiger partial charge on any atom is -0.506 e. The van der Waals surface area contributed by atoms with Gasteiger partial charge >= 0.3 is 0 Å². The molecule has 1 fully saturated rings. The van der Waals surface area contributed by atoms with E-state index in [9.17, 15) is 23.1 Å². The van der Waals surface area contributed by atoms with Crippen molar-refractivity contribution >= 4 is 26.8 Å². The SMILES string of the molecule is C=CCC1(S(=O)(=O)n2cc(O)c3c(C(=O)NCc4c(OC)cc(C)[nH]c4=O)cc(-c4ccc(CCC(C)C)nc4)cc32)CC1. The highest BCUT2D eigenvalue weighted by atomic mass is 32.2. The standard InChI is InChI=1S/C33H38N4O6S/c1-6-11-33(12-13-33)44(41,42)37-19-28(38)30-25(31(39)35-18-26-29(43-5)14-21(4)36-32(26)40)15-23(16-27(30)37)22-8-10-24(34-17-22)9-7-20(2)3/h6,8,10,14-17,19-20,38H,1,7,9,11-13,18H2,2-5H3,(H,35,39)(H,36,40). The quantitative estimate of drug-likeness (QED) is 0.185. The molecule has 11 heteroatoms. The van der Waals surface area contributed by atoms with Crippen molar-refractivity contribution in [3.8, 4) is 22.6 Å². The van der Waals surface area contributed by atoms with Crippen molar-refractivity contribution in [2.75, 3.05) is 7.11 Å². The predicted molar refractivity (Wildman–Crippen MR) is 171 cm³/mol. The molecule has 1 amide bonds. The summed E-state index contributed by atoms with van der Waals surface area (Å²) in [5.74, 6) is -0.0829. The summed E-state index contributed by atoms with van der Waals surface area (Å²) in [5.41, 5.74) is 2.84. The molecule has 0 unspecified atom stereocenters. The largest absolute Gasteiger partial charge is 0.506 e. The first-order valence-electron chi connectivity index (χ1n) is 14.6. The van der Waals surface area contributed by atoms with E-state index in [0.29, 0.717) is 41.3 Å². The lowest BCUT2D eigenvalue weighted by Gasteiger charge is -2.17. The highest BCUT2D eigenvalue weighted by molar-refractivity contribution is 7.91. The second-order valence-electron chi connectivity index (χ2n) is 11.9. The molecule has 44 heavy (non-hydrogen) atoms. The monoisotopic (exact) mass is 618 g/mol. The normalized spacial score (nSPS) is 14.1. The Bertz CT molecular complexity index is 1900. The number of hydrogen-bond acceptors (Lipinski definition) is 7. The highest BCUT2D eigenvalue weighted by Gasteiger charge is 2.54. The van der Waals surface area contributed by atoms with E-state index in [-0.39, 0.29) is 40.7 Å². The number of amides is 1. The molecule has 1 aliphatic rings. The molecule has 3 N–H and O–H groups in total. The molecule has 1 aliphatic carbocycles. The van der Waals surface area contributed by atoms with Gasteiger partial charge in [0.2, 0.25) is 10.0 Å². The van der Waals surface area contributed by atoms with Crippen molar-refractivity contribution in [3.05, 3.63) is 88.2 Å². The van der Waals surface area contributed by atoms with Crippen LogP contribution in [-0.2, 0) is 23.0 Å². The number of methoxy groups -OCH3 is 1. The van der Waals surface area contributed by atoms with Crippen LogP contribution in [0.1, 0.15) is 66.8 Å². The molecule has 0 bridgehead atoms. The second kappa shape index (κ2) is 12.0. The van der Waals surface area contributed by atoms with Gasteiger partial charge in [-0.25, -0.2) is 12.4 Å². The molecule has 4 aromatic rings. The zero-order valence-electron chi connectivity index (χ0n) is 25.4. The summed E-state index contributed by atoms with van der Waals surface area (Å²) >= 11 is 0. The van der Waals surface area contributed by atoms with Crippen molar-refractivity contribution < 1.29 is 23.1 Å². The first kappa shape index (κ1) is 31.1. The van der Waals surface area contributed by atoms with Crippen LogP contribution in [0.3, 0.4) is 0 Å². The Morgan fingerprint density at radius 3 is 2.61 bits per heavy atom. The topological polar surface area (TPSA) is 143 Å². The lowest BCUT2D eigenvalue weighted by atomic mass is 9.99. The van der Waals surface area contributed by atoms with E-state index in [1.807, 2.05) is 12.1 Å². The van der Waals surface area contributed by atoms with Crippen LogP contribution in [-0.4, -0.2) is 45.2 Å². The fraction of sp³-hybridized carbons (Fsp3) is 0.364. The zero-order chi connectivity index (χ0) is 31.8. The van der Waals surface area contributed by atoms with Crippen LogP contribution < -0.4 is 15.6 Å². The van der Waals surface area contributed by atoms with Crippen LogP contribution in [0.2, 0.25) is 0 Å². The van der Waals surface area contributed by atoms with E-state index in [0.717, 1.165) is 28.7 Å². The molecule has 10 nitrogen and oxygen atoms in total. The number of carbonyl (C=O) groups excluding carboxylic acids is 1. The molecule has 0 atom stereocenters. The number of hydrogen-bond donors (Lipinski definition) is 3. The van der Waals surface area contributed by atoms with Gasteiger partial charge in [0.25, 0.3) is 11.5 Å². The molecule has 1 saturated carbocycles. The summed E-state index contributed by atoms with van der Waals surface area (Å²) < 4.78 is 33.3. The first-order valence-corrected chi connectivity index (χ1v) is 16.1. The van der Waals surface area contributed by atoms with Crippen LogP contribution in [0.4, 0.5) is 0 Å². The maximum atomic E-state index is 13.9. The van der Waals surface area contributed by atoms with Crippen LogP contribution in [0.5, 0.6) is 11.5 Å². The number of pyridine rings is 2. The van der Waals surface area contributed by atoms with Gasteiger partial charge in [0, 0.05) is 23.1 Å². The Morgan fingerprint density at radius 1 is 1.25 bits per heavy atom. The molecule has 232 valence electrons. The van der Waals surface area contributed by atoms with Gasteiger partial charge in [-0.15, -0.1) is 6.58 Å². The number of H-pyrrole nitrogens is 1. The third-order valence-corrected chi connectivity index (χ3v) is 10.7. The highest BCUT2D eigenvalue weighted by Crippen LogP contribution is 2.49. The van der Waals surface area contributed by atoms with E-state index in [1.165, 1.54) is 7.11 Å². The van der Waals surface area contributed by atoms with Crippen LogP contribution in [0, 0.1) is 12.8 Å². The van der Waals surface area contributed by atoms with Crippen molar-refractivity contribution in [1.29, 1.82) is 0 Å². The molecule has 0 radical (unpaired) electrons. The molecule has 3 heterocycles. The second-order valence-corrected chi connectivity index (χ2v) is 14.1. The minimum atomic E-state index is -3.96. The number of aryl methyl sites for hydroxylation is 2. The van der Waals surface area contributed by atoms with Crippen molar-refractivity contribution in [1.82, 2.24) is 19.3 Å². The maximum Gasteiger partial charge on any atom is 0.256 e. The number of nitrogens with zero attached hydrogens (tertiary/aromatic N) is 2. The fourth-order valence-corrected chi connectivity index (χ4v) is 7.52. The molecule has 1 aromatic carbocycles. The van der Waals surface area contributed by atoms with Gasteiger partial charge in [-0.2, -0.15) is 0 Å². The number of aromatic hydroxyl groups is 1. The maximum absolute atomic E-state index is 13.9. The van der Waals surface area contributed by atoms with E-state index < -0.39 is 26.2 Å². The van der Waals surface area contributed by atoms with E-state index >= 15 is 0 Å². The third kappa shape index (κ3) is 5.76. The smallest absolute Gasteiger partial charge is 0.256 e. The van der Waals surface area contributed by atoms with Crippen LogP contribution in [0.25, 0.3) is 22.0 Å². The summed E-state index contributed by atoms with van der Waals surface area (Å²) in [6, 6.07) is 8.74. The van der Waals surface area contributed by atoms with Crippen LogP contribution >= 0.6 is 0 Å². The summed E-state index contributed by atoms with van der Waals surface area (Å²) in [7, 11) is -2.52. The number of ether oxygens (including phenoxy) is 1. The summed E-state index contributed by atoms with van der Waals surface area (Å²) in [6.07, 6.45) is 7.50. The van der Waals surface area contributed by atoms with Crippen LogP contribution in [0.15, 0.2) is 60.2 Å². The zero-order valence-corrected chi connectivity index (χ0v) is 26.3. The molecule has 5 rings (SSSR count). The lowest BCUT2D eigenvalue weighted by Crippen LogP contribution is -2.29. The van der Waals surface area contributed by atoms with E-state index in [2.05, 4.69) is 35.7 Å². The predicted octanol–water partition coefficient (Wildman–Crippen LogP) is 5.22. The molecule has 3 aromatic heterocycles. The average molecular weight is 619 g/mol. The molecule has 0 saturated heterocycles. The van der Waals surface area contributed by atoms with Gasteiger partial charge < -0.3 is 20.1 Å². The number of aromatic amines is 1. The van der Waals surface area contributed by atoms with E-state index in [4.69, 9.17) is 4.74 Å². The Hall–Kier alpha value is -4.38. The van der Waals surface area contributed by atoms with Crippen molar-refractivity contribution in [2.45, 2.75) is 64.2 Å². The Balaban J connectivity index is 1.61. The first-order chi connectivity index (χ1) is 20.9. The fourth-order valence-electron chi connectivity index (χ4n) is 5.52. The van der Waals surface area contributed by atoms with Gasteiger partial charge in [-0.3, -0.25) is 14.6 Å². The van der Waals surface area contributed by atoms with Gasteiger partial charge in [0.05, 0.1) is 46.6 Å². The molecular weight excluding hydrogens is 580 g/mol. The number of nitrogens with one attached hydrogen (secondary N) is 2. The molecular formula is C33H38N4O6S. The van der Waals surface area contributed by atoms with Gasteiger partial charge in [-0.05, 0) is 74.8 Å². The number of aromatic nitrogens is 3. The van der Waals surface area contributed by atoms with Crippen molar-refractivity contribution in [2.24, 2.45) is 5.92 Å². The third-order valence-electron chi connectivity index (χ3n) is 8.24. The Morgan fingerprint density at radius 2 is 2.00 bits per heavy atom. The summed E-state index contributed by atoms with van der Waals surface area (Å²) in [5, 5.41) is 13.9. The molecule has 0 spiro atoms. The van der Waals surface area contributed by atoms with E-state index in [1.54, 1.807) is 37.4 Å². The number of benzene rings is 1.